The van der Waals surface area contributed by atoms with E-state index in [9.17, 15) is 8.42 Å². The average molecular weight is 163 g/mol. The molecule has 0 radical (unpaired) electrons. The lowest BCUT2D eigenvalue weighted by Crippen LogP contribution is -2.15. The Kier molecular flexibility index (Phi) is 3.60. The first-order valence-electron chi connectivity index (χ1n) is 3.09. The first-order chi connectivity index (χ1) is 4.45. The van der Waals surface area contributed by atoms with Crippen LogP contribution >= 0.6 is 0 Å². The molecule has 0 saturated heterocycles. The normalized spacial score (nSPS) is 15.9. The summed E-state index contributed by atoms with van der Waals surface area (Å²) in [6.07, 6.45) is 3.40. The van der Waals surface area contributed by atoms with E-state index in [0.29, 0.717) is 0 Å². The van der Waals surface area contributed by atoms with Gasteiger partial charge in [-0.05, 0) is 6.42 Å². The van der Waals surface area contributed by atoms with E-state index in [4.69, 9.17) is 5.73 Å². The second-order valence-corrected chi connectivity index (χ2v) is 4.16. The van der Waals surface area contributed by atoms with Gasteiger partial charge in [0.25, 0.3) is 0 Å². The van der Waals surface area contributed by atoms with Crippen LogP contribution in [0.15, 0.2) is 11.5 Å². The van der Waals surface area contributed by atoms with Gasteiger partial charge >= 0.3 is 0 Å². The molecule has 60 valence electrons. The van der Waals surface area contributed by atoms with Gasteiger partial charge < -0.3 is 5.73 Å². The number of nitrogens with two attached hydrogens (primary N) is 1. The molecule has 0 spiro atoms. The third-order valence-corrected chi connectivity index (χ3v) is 1.70. The molecule has 0 aromatic carbocycles. The van der Waals surface area contributed by atoms with Gasteiger partial charge in [-0.1, -0.05) is 13.0 Å². The van der Waals surface area contributed by atoms with Crippen LogP contribution in [0.5, 0.6) is 0 Å². The zero-order chi connectivity index (χ0) is 8.20. The molecule has 0 aliphatic heterocycles. The minimum atomic E-state index is -2.99. The summed E-state index contributed by atoms with van der Waals surface area (Å²) in [4.78, 5) is 0. The van der Waals surface area contributed by atoms with Crippen LogP contribution in [0.3, 0.4) is 0 Å². The SMILES string of the molecule is CC[C@@H](N)/C=C/S(C)(=O)=O. The third kappa shape index (κ3) is 5.78. The van der Waals surface area contributed by atoms with Crippen LogP contribution in [0.25, 0.3) is 0 Å². The summed E-state index contributed by atoms with van der Waals surface area (Å²) < 4.78 is 21.0. The Balaban J connectivity index is 4.01. The zero-order valence-corrected chi connectivity index (χ0v) is 7.06. The Morgan fingerprint density at radius 1 is 1.60 bits per heavy atom. The molecule has 0 aromatic rings. The van der Waals surface area contributed by atoms with Gasteiger partial charge in [-0.15, -0.1) is 0 Å². The van der Waals surface area contributed by atoms with Gasteiger partial charge in [-0.3, -0.25) is 0 Å². The highest BCUT2D eigenvalue weighted by atomic mass is 32.2. The Morgan fingerprint density at radius 3 is 2.40 bits per heavy atom. The first kappa shape index (κ1) is 9.65. The maximum absolute atomic E-state index is 10.5. The number of hydrogen-bond acceptors (Lipinski definition) is 3. The highest BCUT2D eigenvalue weighted by Crippen LogP contribution is 1.91. The minimum absolute atomic E-state index is 0.144. The van der Waals surface area contributed by atoms with Crippen molar-refractivity contribution in [3.8, 4) is 0 Å². The number of rotatable bonds is 3. The maximum Gasteiger partial charge on any atom is 0.168 e. The van der Waals surface area contributed by atoms with Crippen molar-refractivity contribution in [3.05, 3.63) is 11.5 Å². The molecule has 0 aromatic heterocycles. The van der Waals surface area contributed by atoms with Gasteiger partial charge in [0, 0.05) is 17.7 Å². The number of sulfone groups is 1. The summed E-state index contributed by atoms with van der Waals surface area (Å²) >= 11 is 0. The van der Waals surface area contributed by atoms with Gasteiger partial charge in [0.05, 0.1) is 0 Å². The second kappa shape index (κ2) is 3.73. The predicted molar refractivity (Wildman–Crippen MR) is 42.3 cm³/mol. The van der Waals surface area contributed by atoms with Gasteiger partial charge in [0.1, 0.15) is 0 Å². The minimum Gasteiger partial charge on any atom is -0.324 e. The molecule has 0 heterocycles. The molecule has 1 atom stereocenters. The molecule has 0 aliphatic carbocycles. The lowest BCUT2D eigenvalue weighted by atomic mass is 10.2. The van der Waals surface area contributed by atoms with Crippen molar-refractivity contribution >= 4 is 9.84 Å². The summed E-state index contributed by atoms with van der Waals surface area (Å²) in [6, 6.07) is -0.144. The summed E-state index contributed by atoms with van der Waals surface area (Å²) in [5.41, 5.74) is 5.43. The largest absolute Gasteiger partial charge is 0.324 e. The molecule has 0 amide bonds. The molecular weight excluding hydrogens is 150 g/mol. The molecule has 0 unspecified atom stereocenters. The molecule has 0 saturated carbocycles. The Bertz CT molecular complexity index is 206. The molecule has 10 heavy (non-hydrogen) atoms. The van der Waals surface area contributed by atoms with Crippen LogP contribution in [-0.2, 0) is 9.84 Å². The van der Waals surface area contributed by atoms with Crippen molar-refractivity contribution in [1.29, 1.82) is 0 Å². The van der Waals surface area contributed by atoms with Crippen LogP contribution < -0.4 is 5.73 Å². The predicted octanol–water partition coefficient (Wildman–Crippen LogP) is 0.282. The van der Waals surface area contributed by atoms with E-state index in [-0.39, 0.29) is 6.04 Å². The molecule has 0 aliphatic rings. The summed E-state index contributed by atoms with van der Waals surface area (Å²) in [5.74, 6) is 0. The molecular formula is C6H13NO2S. The van der Waals surface area contributed by atoms with Crippen LogP contribution in [0, 0.1) is 0 Å². The molecule has 0 bridgehead atoms. The van der Waals surface area contributed by atoms with Crippen molar-refractivity contribution in [2.75, 3.05) is 6.26 Å². The standard InChI is InChI=1S/C6H13NO2S/c1-3-6(7)4-5-10(2,8)9/h4-6H,3,7H2,1-2H3/b5-4+/t6-/m1/s1. The van der Waals surface area contributed by atoms with E-state index in [1.54, 1.807) is 0 Å². The fraction of sp³-hybridized carbons (Fsp3) is 0.667. The maximum atomic E-state index is 10.5. The lowest BCUT2D eigenvalue weighted by molar-refractivity contribution is 0.609. The van der Waals surface area contributed by atoms with Crippen LogP contribution in [0.4, 0.5) is 0 Å². The van der Waals surface area contributed by atoms with E-state index < -0.39 is 9.84 Å². The fourth-order valence-corrected chi connectivity index (χ4v) is 0.867. The molecule has 0 fully saturated rings. The lowest BCUT2D eigenvalue weighted by Gasteiger charge is -1.98. The van der Waals surface area contributed by atoms with E-state index in [1.807, 2.05) is 6.92 Å². The highest BCUT2D eigenvalue weighted by Gasteiger charge is 1.95. The van der Waals surface area contributed by atoms with Crippen molar-refractivity contribution < 1.29 is 8.42 Å². The first-order valence-corrected chi connectivity index (χ1v) is 5.05. The molecule has 2 N–H and O–H groups in total. The van der Waals surface area contributed by atoms with Gasteiger partial charge in [-0.25, -0.2) is 8.42 Å². The fourth-order valence-electron chi connectivity index (χ4n) is 0.380. The van der Waals surface area contributed by atoms with Crippen molar-refractivity contribution in [1.82, 2.24) is 0 Å². The third-order valence-electron chi connectivity index (χ3n) is 1.04. The Morgan fingerprint density at radius 2 is 2.10 bits per heavy atom. The quantitative estimate of drug-likeness (QED) is 0.650. The van der Waals surface area contributed by atoms with Gasteiger partial charge in [0.2, 0.25) is 0 Å². The molecule has 3 nitrogen and oxygen atoms in total. The van der Waals surface area contributed by atoms with E-state index in [0.717, 1.165) is 18.1 Å². The topological polar surface area (TPSA) is 60.2 Å². The Hall–Kier alpha value is -0.350. The summed E-state index contributed by atoms with van der Waals surface area (Å²) in [5, 5.41) is 1.14. The van der Waals surface area contributed by atoms with E-state index in [2.05, 4.69) is 0 Å². The highest BCUT2D eigenvalue weighted by molar-refractivity contribution is 7.93. The number of hydrogen-bond donors (Lipinski definition) is 1. The van der Waals surface area contributed by atoms with Crippen LogP contribution in [-0.4, -0.2) is 20.7 Å². The van der Waals surface area contributed by atoms with Crippen molar-refractivity contribution in [3.63, 3.8) is 0 Å². The van der Waals surface area contributed by atoms with Crippen molar-refractivity contribution in [2.45, 2.75) is 19.4 Å². The second-order valence-electron chi connectivity index (χ2n) is 2.23. The zero-order valence-electron chi connectivity index (χ0n) is 6.24. The average Bonchev–Trinajstić information content (AvgIpc) is 1.81. The van der Waals surface area contributed by atoms with Gasteiger partial charge in [-0.2, -0.15) is 0 Å². The monoisotopic (exact) mass is 163 g/mol. The van der Waals surface area contributed by atoms with Gasteiger partial charge in [0.15, 0.2) is 9.84 Å². The summed E-state index contributed by atoms with van der Waals surface area (Å²) in [7, 11) is -2.99. The Labute approximate surface area is 61.8 Å². The van der Waals surface area contributed by atoms with Crippen LogP contribution in [0.2, 0.25) is 0 Å². The summed E-state index contributed by atoms with van der Waals surface area (Å²) in [6.45, 7) is 1.90. The van der Waals surface area contributed by atoms with E-state index >= 15 is 0 Å². The molecule has 4 heteroatoms. The van der Waals surface area contributed by atoms with E-state index in [1.165, 1.54) is 6.08 Å². The van der Waals surface area contributed by atoms with Crippen molar-refractivity contribution in [2.24, 2.45) is 5.73 Å². The molecule has 0 rings (SSSR count). The smallest absolute Gasteiger partial charge is 0.168 e. The van der Waals surface area contributed by atoms with Crippen LogP contribution in [0.1, 0.15) is 13.3 Å².